The zero-order valence-corrected chi connectivity index (χ0v) is 29.2. The summed E-state index contributed by atoms with van der Waals surface area (Å²) in [5, 5.41) is 13.7. The van der Waals surface area contributed by atoms with Crippen LogP contribution >= 0.6 is 15.9 Å². The molecule has 2 fully saturated rings. The second-order valence-corrected chi connectivity index (χ2v) is 14.4. The van der Waals surface area contributed by atoms with Crippen LogP contribution in [0.5, 0.6) is 0 Å². The number of benzene rings is 2. The van der Waals surface area contributed by atoms with Gasteiger partial charge in [-0.1, -0.05) is 84.4 Å². The minimum Gasteiger partial charge on any atom is -0.463 e. The van der Waals surface area contributed by atoms with Crippen molar-refractivity contribution in [3.8, 4) is 0 Å². The molecule has 6 rings (SSSR count). The summed E-state index contributed by atoms with van der Waals surface area (Å²) in [4.78, 5) is 60.2. The van der Waals surface area contributed by atoms with Gasteiger partial charge in [-0.15, -0.1) is 0 Å². The van der Waals surface area contributed by atoms with E-state index in [2.05, 4.69) is 21.2 Å². The van der Waals surface area contributed by atoms with Crippen LogP contribution in [0.3, 0.4) is 0 Å². The van der Waals surface area contributed by atoms with Crippen molar-refractivity contribution in [2.45, 2.75) is 70.4 Å². The van der Waals surface area contributed by atoms with E-state index in [1.807, 2.05) is 88.4 Å². The van der Waals surface area contributed by atoms with Gasteiger partial charge in [0.15, 0.2) is 0 Å². The number of nitrogens with zero attached hydrogens (tertiary/aromatic N) is 2. The molecule has 2 aromatic rings. The monoisotopic (exact) mass is 719 g/mol. The van der Waals surface area contributed by atoms with E-state index >= 15 is 4.79 Å². The number of aliphatic hydroxyl groups excluding tert-OH is 1. The molecule has 2 N–H and O–H groups in total. The molecule has 10 nitrogen and oxygen atoms in total. The van der Waals surface area contributed by atoms with Crippen molar-refractivity contribution in [1.29, 1.82) is 0 Å². The quantitative estimate of drug-likeness (QED) is 0.349. The third kappa shape index (κ3) is 5.90. The van der Waals surface area contributed by atoms with Gasteiger partial charge in [0.25, 0.3) is 5.91 Å². The molecule has 1 spiro atoms. The third-order valence-electron chi connectivity index (χ3n) is 10.0. The maximum absolute atomic E-state index is 15.2. The number of carbonyl (C=O) groups is 4. The number of hydrogen-bond donors (Lipinski definition) is 2. The van der Waals surface area contributed by atoms with Gasteiger partial charge in [0.2, 0.25) is 11.8 Å². The molecule has 254 valence electrons. The van der Waals surface area contributed by atoms with Crippen LogP contribution in [-0.2, 0) is 28.7 Å². The number of allylic oxidation sites excluding steroid dienone is 1. The highest BCUT2D eigenvalue weighted by Gasteiger charge is 2.75. The number of rotatable bonds is 5. The highest BCUT2D eigenvalue weighted by molar-refractivity contribution is 9.11. The minimum atomic E-state index is -1.47. The summed E-state index contributed by atoms with van der Waals surface area (Å²) in [5.41, 5.74) is 1.76. The fourth-order valence-corrected chi connectivity index (χ4v) is 8.34. The second-order valence-electron chi connectivity index (χ2n) is 13.5. The van der Waals surface area contributed by atoms with Gasteiger partial charge in [0.1, 0.15) is 24.4 Å². The lowest BCUT2D eigenvalue weighted by Crippen LogP contribution is -2.59. The van der Waals surface area contributed by atoms with Gasteiger partial charge in [-0.2, -0.15) is 0 Å². The van der Waals surface area contributed by atoms with Crippen molar-refractivity contribution in [3.05, 3.63) is 87.9 Å². The summed E-state index contributed by atoms with van der Waals surface area (Å²) in [6.07, 6.45) is 5.17. The first-order valence-electron chi connectivity index (χ1n) is 16.5. The Bertz CT molecular complexity index is 1660. The van der Waals surface area contributed by atoms with Crippen molar-refractivity contribution in [2.24, 2.45) is 17.8 Å². The Balaban J connectivity index is 1.51. The van der Waals surface area contributed by atoms with Gasteiger partial charge in [0.05, 0.1) is 30.5 Å². The molecule has 0 unspecified atom stereocenters. The average molecular weight is 721 g/mol. The second kappa shape index (κ2) is 13.6. The molecule has 4 aliphatic heterocycles. The first-order valence-corrected chi connectivity index (χ1v) is 17.3. The fraction of sp³-hybridized carbons (Fsp3) is 0.459. The Hall–Kier alpha value is -3.80. The van der Waals surface area contributed by atoms with Crippen LogP contribution < -0.4 is 10.2 Å². The lowest BCUT2D eigenvalue weighted by molar-refractivity contribution is -0.147. The highest BCUT2D eigenvalue weighted by Crippen LogP contribution is 2.59. The number of aliphatic hydroxyl groups is 1. The van der Waals surface area contributed by atoms with Crippen molar-refractivity contribution < 1.29 is 33.8 Å². The van der Waals surface area contributed by atoms with E-state index in [0.29, 0.717) is 16.6 Å². The predicted molar refractivity (Wildman–Crippen MR) is 183 cm³/mol. The molecule has 4 heterocycles. The van der Waals surface area contributed by atoms with Gasteiger partial charge < -0.3 is 29.7 Å². The molecule has 0 saturated carbocycles. The number of fused-ring (bicyclic) bond motifs is 2. The van der Waals surface area contributed by atoms with Crippen LogP contribution in [0, 0.1) is 31.6 Å². The normalized spacial score (nSPS) is 30.6. The summed E-state index contributed by atoms with van der Waals surface area (Å²) in [7, 11) is 0. The Labute approximate surface area is 289 Å². The number of hydrogen-bond acceptors (Lipinski definition) is 7. The average Bonchev–Trinajstić information content (AvgIpc) is 3.65. The summed E-state index contributed by atoms with van der Waals surface area (Å²) in [5.74, 6) is -3.89. The Morgan fingerprint density at radius 3 is 2.50 bits per heavy atom. The zero-order valence-electron chi connectivity index (χ0n) is 27.6. The number of nitrogens with one attached hydrogen (secondary N) is 1. The maximum Gasteiger partial charge on any atom is 0.306 e. The Morgan fingerprint density at radius 1 is 1.04 bits per heavy atom. The number of halogens is 1. The number of likely N-dealkylation sites (tertiary alicyclic amines) is 1. The molecule has 3 amide bonds. The van der Waals surface area contributed by atoms with Crippen LogP contribution in [0.1, 0.15) is 49.4 Å². The van der Waals surface area contributed by atoms with Gasteiger partial charge in [0, 0.05) is 23.1 Å². The molecule has 4 aliphatic rings. The number of carbonyl (C=O) groups excluding carboxylic acids is 4. The van der Waals surface area contributed by atoms with Crippen LogP contribution in [0.15, 0.2) is 71.2 Å². The Kier molecular flexibility index (Phi) is 9.66. The molecule has 11 heteroatoms. The molecule has 2 aromatic carbocycles. The third-order valence-corrected chi connectivity index (χ3v) is 10.7. The molecule has 0 aliphatic carbocycles. The molecule has 48 heavy (non-hydrogen) atoms. The van der Waals surface area contributed by atoms with Gasteiger partial charge in [-0.25, -0.2) is 0 Å². The van der Waals surface area contributed by atoms with E-state index < -0.39 is 59.5 Å². The minimum absolute atomic E-state index is 0.0924. The predicted octanol–water partition coefficient (Wildman–Crippen LogP) is 4.28. The summed E-state index contributed by atoms with van der Waals surface area (Å²) < 4.78 is 12.9. The van der Waals surface area contributed by atoms with E-state index in [1.165, 1.54) is 4.90 Å². The first-order chi connectivity index (χ1) is 23.0. The number of amides is 3. The first kappa shape index (κ1) is 34.1. The van der Waals surface area contributed by atoms with E-state index in [1.54, 1.807) is 11.0 Å². The van der Waals surface area contributed by atoms with Crippen molar-refractivity contribution in [2.75, 3.05) is 24.7 Å². The maximum atomic E-state index is 15.2. The zero-order chi connectivity index (χ0) is 34.3. The van der Waals surface area contributed by atoms with Crippen molar-refractivity contribution >= 4 is 45.3 Å². The van der Waals surface area contributed by atoms with Gasteiger partial charge >= 0.3 is 5.97 Å². The molecular weight excluding hydrogens is 678 g/mol. The van der Waals surface area contributed by atoms with Crippen molar-refractivity contribution in [3.63, 3.8) is 0 Å². The van der Waals surface area contributed by atoms with Crippen LogP contribution in [0.2, 0.25) is 0 Å². The fourth-order valence-electron chi connectivity index (χ4n) is 7.60. The largest absolute Gasteiger partial charge is 0.463 e. The molecule has 0 aromatic heterocycles. The van der Waals surface area contributed by atoms with Gasteiger partial charge in [-0.05, 0) is 55.0 Å². The lowest BCUT2D eigenvalue weighted by atomic mass is 9.74. The van der Waals surface area contributed by atoms with E-state index in [4.69, 9.17) is 9.47 Å². The molecule has 2 saturated heterocycles. The molecule has 5 bridgehead atoms. The summed E-state index contributed by atoms with van der Waals surface area (Å²) >= 11 is 3.62. The summed E-state index contributed by atoms with van der Waals surface area (Å²) in [6, 6.07) is 12.5. The van der Waals surface area contributed by atoms with Gasteiger partial charge in [-0.3, -0.25) is 19.2 Å². The number of anilines is 1. The number of cyclic esters (lactones) is 1. The summed E-state index contributed by atoms with van der Waals surface area (Å²) in [6.45, 7) is 7.36. The van der Waals surface area contributed by atoms with E-state index in [0.717, 1.165) is 16.7 Å². The topological polar surface area (TPSA) is 125 Å². The van der Waals surface area contributed by atoms with Crippen LogP contribution in [-0.4, -0.2) is 77.2 Å². The standard InChI is InChI=1S/C37H42BrN3O7/c1-21(2)28(19-42)41-33-36(46)40(27-17-22(3)14-15-23(27)4)16-10-6-9-13-29(43)47-20-26(24-11-7-5-8-12-24)39-34(44)30-31(35(41)45)37(33)18-25(38)32(30)48-37/h5-8,10-12,14-15,17-18,21,26,28,30-33,42H,9,13,16,19-20H2,1-4H3,(H,39,44)/b10-6-/t26-,28+,30-,31+,32-,33-,37+/m1/s1. The molecular formula is C37H42BrN3O7. The van der Waals surface area contributed by atoms with Crippen molar-refractivity contribution in [1.82, 2.24) is 10.2 Å². The highest BCUT2D eigenvalue weighted by atomic mass is 79.9. The lowest BCUT2D eigenvalue weighted by Gasteiger charge is -2.40. The Morgan fingerprint density at radius 2 is 1.79 bits per heavy atom. The number of ether oxygens (including phenoxy) is 2. The molecule has 0 radical (unpaired) electrons. The van der Waals surface area contributed by atoms with Crippen LogP contribution in [0.4, 0.5) is 5.69 Å². The van der Waals surface area contributed by atoms with Crippen LogP contribution in [0.25, 0.3) is 0 Å². The van der Waals surface area contributed by atoms with E-state index in [9.17, 15) is 19.5 Å². The molecule has 7 atom stereocenters. The smallest absolute Gasteiger partial charge is 0.306 e. The SMILES string of the molecule is Cc1ccc(C)c(N2C/C=C\CCC(=O)OC[C@H](c3ccccc3)NC(=O)[C@H]3[C@@H]4O[C@@]5(C=C4Br)[C@@H]3C(=O)N([C@@H](CO)C(C)C)[C@@H]5C2=O)c1. The number of aryl methyl sites for hydroxylation is 2. The number of esters is 1. The van der Waals surface area contributed by atoms with E-state index in [-0.39, 0.29) is 38.0 Å².